The van der Waals surface area contributed by atoms with Crippen LogP contribution in [0.4, 0.5) is 4.79 Å². The fourth-order valence-electron chi connectivity index (χ4n) is 2.79. The number of aliphatic carboxylic acids is 1. The van der Waals surface area contributed by atoms with Crippen molar-refractivity contribution < 1.29 is 19.5 Å². The largest absolute Gasteiger partial charge is 0.480 e. The van der Waals surface area contributed by atoms with E-state index in [1.54, 1.807) is 0 Å². The molecule has 0 spiro atoms. The lowest BCUT2D eigenvalue weighted by atomic mass is 10.0. The summed E-state index contributed by atoms with van der Waals surface area (Å²) in [4.78, 5) is 33.4. The molecule has 0 aliphatic heterocycles. The molecule has 1 rings (SSSR count). The van der Waals surface area contributed by atoms with Crippen LogP contribution < -0.4 is 16.4 Å². The molecule has 1 fully saturated rings. The fraction of sp³-hybridized carbons (Fsp3) is 0.786. The highest BCUT2D eigenvalue weighted by Crippen LogP contribution is 2.67. The number of urea groups is 1. The van der Waals surface area contributed by atoms with Crippen molar-refractivity contribution in [2.45, 2.75) is 46.6 Å². The predicted molar refractivity (Wildman–Crippen MR) is 77.4 cm³/mol. The van der Waals surface area contributed by atoms with Crippen LogP contribution in [0.2, 0.25) is 0 Å². The third-order valence-corrected chi connectivity index (χ3v) is 5.07. The third kappa shape index (κ3) is 3.86. The first-order valence-electron chi connectivity index (χ1n) is 7.05. The number of nitrogens with one attached hydrogen (secondary N) is 2. The average Bonchev–Trinajstić information content (AvgIpc) is 2.72. The van der Waals surface area contributed by atoms with E-state index in [0.717, 1.165) is 0 Å². The number of primary amides is 1. The van der Waals surface area contributed by atoms with Gasteiger partial charge in [0.1, 0.15) is 6.04 Å². The SMILES string of the molecule is CC1(C)C(CNC(=O)N[C@@H](CCC(N)=O)C(=O)O)C1(C)C. The van der Waals surface area contributed by atoms with E-state index in [1.165, 1.54) is 0 Å². The van der Waals surface area contributed by atoms with Crippen molar-refractivity contribution in [1.82, 2.24) is 10.6 Å². The maximum absolute atomic E-state index is 11.8. The van der Waals surface area contributed by atoms with Crippen LogP contribution in [0.3, 0.4) is 0 Å². The van der Waals surface area contributed by atoms with E-state index in [-0.39, 0.29) is 23.7 Å². The van der Waals surface area contributed by atoms with Crippen LogP contribution in [0.5, 0.6) is 0 Å². The molecule has 1 saturated carbocycles. The Hall–Kier alpha value is -1.79. The first-order chi connectivity index (χ1) is 9.50. The number of amides is 3. The van der Waals surface area contributed by atoms with Crippen LogP contribution in [0.15, 0.2) is 0 Å². The van der Waals surface area contributed by atoms with Gasteiger partial charge in [-0.25, -0.2) is 9.59 Å². The van der Waals surface area contributed by atoms with Gasteiger partial charge in [0.2, 0.25) is 5.91 Å². The number of carbonyl (C=O) groups excluding carboxylic acids is 2. The van der Waals surface area contributed by atoms with Crippen LogP contribution in [-0.4, -0.2) is 35.6 Å². The van der Waals surface area contributed by atoms with Crippen LogP contribution in [-0.2, 0) is 9.59 Å². The first-order valence-corrected chi connectivity index (χ1v) is 7.05. The van der Waals surface area contributed by atoms with Crippen molar-refractivity contribution in [3.63, 3.8) is 0 Å². The first kappa shape index (κ1) is 17.3. The van der Waals surface area contributed by atoms with Gasteiger partial charge in [0.25, 0.3) is 0 Å². The summed E-state index contributed by atoms with van der Waals surface area (Å²) in [5.74, 6) is -1.42. The summed E-state index contributed by atoms with van der Waals surface area (Å²) in [7, 11) is 0. The van der Waals surface area contributed by atoms with Crippen LogP contribution >= 0.6 is 0 Å². The van der Waals surface area contributed by atoms with Gasteiger partial charge in [-0.05, 0) is 23.2 Å². The Morgan fingerprint density at radius 2 is 1.71 bits per heavy atom. The monoisotopic (exact) mass is 299 g/mol. The molecule has 5 N–H and O–H groups in total. The Kier molecular flexibility index (Phi) is 4.86. The fourth-order valence-corrected chi connectivity index (χ4v) is 2.79. The highest BCUT2D eigenvalue weighted by Gasteiger charge is 2.64. The number of carbonyl (C=O) groups is 3. The number of hydrogen-bond donors (Lipinski definition) is 4. The van der Waals surface area contributed by atoms with E-state index in [4.69, 9.17) is 10.8 Å². The third-order valence-electron chi connectivity index (χ3n) is 5.07. The molecule has 1 aliphatic carbocycles. The van der Waals surface area contributed by atoms with Crippen molar-refractivity contribution in [3.05, 3.63) is 0 Å². The van der Waals surface area contributed by atoms with Gasteiger partial charge in [0.15, 0.2) is 0 Å². The Balaban J connectivity index is 2.41. The summed E-state index contributed by atoms with van der Waals surface area (Å²) in [6.45, 7) is 9.07. The lowest BCUT2D eigenvalue weighted by molar-refractivity contribution is -0.139. The molecule has 0 unspecified atom stereocenters. The van der Waals surface area contributed by atoms with Crippen LogP contribution in [0.1, 0.15) is 40.5 Å². The minimum Gasteiger partial charge on any atom is -0.480 e. The maximum Gasteiger partial charge on any atom is 0.326 e. The standard InChI is InChI=1S/C14H25N3O4/c1-13(2)9(14(13,3)4)7-16-12(21)17-8(11(19)20)5-6-10(15)18/h8-9H,5-7H2,1-4H3,(H2,15,18)(H,19,20)(H2,16,17,21)/t8-/m0/s1. The Bertz CT molecular complexity index is 432. The van der Waals surface area contributed by atoms with E-state index in [0.29, 0.717) is 12.5 Å². The van der Waals surface area contributed by atoms with Gasteiger partial charge in [-0.3, -0.25) is 4.79 Å². The molecule has 1 atom stereocenters. The van der Waals surface area contributed by atoms with Gasteiger partial charge >= 0.3 is 12.0 Å². The van der Waals surface area contributed by atoms with Gasteiger partial charge in [0, 0.05) is 13.0 Å². The zero-order valence-electron chi connectivity index (χ0n) is 13.0. The van der Waals surface area contributed by atoms with Gasteiger partial charge in [-0.15, -0.1) is 0 Å². The Morgan fingerprint density at radius 1 is 1.19 bits per heavy atom. The second kappa shape index (κ2) is 5.91. The van der Waals surface area contributed by atoms with E-state index >= 15 is 0 Å². The van der Waals surface area contributed by atoms with Gasteiger partial charge in [-0.1, -0.05) is 27.7 Å². The number of hydrogen-bond acceptors (Lipinski definition) is 3. The highest BCUT2D eigenvalue weighted by molar-refractivity contribution is 5.83. The summed E-state index contributed by atoms with van der Waals surface area (Å²) in [6, 6.07) is -1.65. The Morgan fingerprint density at radius 3 is 2.10 bits per heavy atom. The zero-order chi connectivity index (χ0) is 16.4. The average molecular weight is 299 g/mol. The van der Waals surface area contributed by atoms with E-state index in [9.17, 15) is 14.4 Å². The number of rotatable bonds is 7. The summed E-state index contributed by atoms with van der Waals surface area (Å²) < 4.78 is 0. The predicted octanol–water partition coefficient (Wildman–Crippen LogP) is 0.687. The van der Waals surface area contributed by atoms with Crippen LogP contribution in [0.25, 0.3) is 0 Å². The van der Waals surface area contributed by atoms with Gasteiger partial charge in [0.05, 0.1) is 0 Å². The molecule has 7 heteroatoms. The summed E-state index contributed by atoms with van der Waals surface area (Å²) in [6.07, 6.45) is -0.0988. The molecule has 0 radical (unpaired) electrons. The van der Waals surface area contributed by atoms with Crippen molar-refractivity contribution in [3.8, 4) is 0 Å². The van der Waals surface area contributed by atoms with Gasteiger partial charge < -0.3 is 21.5 Å². The topological polar surface area (TPSA) is 122 Å². The molecule has 3 amide bonds. The van der Waals surface area contributed by atoms with E-state index in [2.05, 4.69) is 38.3 Å². The Labute approximate surface area is 124 Å². The van der Waals surface area contributed by atoms with Crippen molar-refractivity contribution >= 4 is 17.9 Å². The second-order valence-corrected chi connectivity index (χ2v) is 6.75. The van der Waals surface area contributed by atoms with Crippen LogP contribution in [0, 0.1) is 16.7 Å². The lowest BCUT2D eigenvalue weighted by Gasteiger charge is -2.14. The zero-order valence-corrected chi connectivity index (χ0v) is 13.0. The summed E-state index contributed by atoms with van der Waals surface area (Å²) in [5.41, 5.74) is 5.28. The molecular formula is C14H25N3O4. The second-order valence-electron chi connectivity index (χ2n) is 6.75. The minimum absolute atomic E-state index is 0.0154. The molecule has 0 aromatic heterocycles. The summed E-state index contributed by atoms with van der Waals surface area (Å²) in [5, 5.41) is 14.0. The molecular weight excluding hydrogens is 274 g/mol. The summed E-state index contributed by atoms with van der Waals surface area (Å²) >= 11 is 0. The maximum atomic E-state index is 11.8. The molecule has 0 bridgehead atoms. The molecule has 120 valence electrons. The van der Waals surface area contributed by atoms with Gasteiger partial charge in [-0.2, -0.15) is 0 Å². The molecule has 0 aromatic rings. The lowest BCUT2D eigenvalue weighted by Crippen LogP contribution is -2.47. The highest BCUT2D eigenvalue weighted by atomic mass is 16.4. The molecule has 7 nitrogen and oxygen atoms in total. The number of carboxylic acid groups (broad SMARTS) is 1. The van der Waals surface area contributed by atoms with Crippen molar-refractivity contribution in [2.75, 3.05) is 6.54 Å². The number of nitrogens with two attached hydrogens (primary N) is 1. The smallest absolute Gasteiger partial charge is 0.326 e. The molecule has 21 heavy (non-hydrogen) atoms. The van der Waals surface area contributed by atoms with Crippen molar-refractivity contribution in [2.24, 2.45) is 22.5 Å². The van der Waals surface area contributed by atoms with Crippen molar-refractivity contribution in [1.29, 1.82) is 0 Å². The minimum atomic E-state index is -1.18. The van der Waals surface area contributed by atoms with E-state index < -0.39 is 23.9 Å². The molecule has 0 saturated heterocycles. The van der Waals surface area contributed by atoms with E-state index in [1.807, 2.05) is 0 Å². The molecule has 0 heterocycles. The quantitative estimate of drug-likeness (QED) is 0.552. The molecule has 1 aliphatic rings. The molecule has 0 aromatic carbocycles. The number of carboxylic acids is 1. The normalized spacial score (nSPS) is 20.4.